The van der Waals surface area contributed by atoms with Gasteiger partial charge in [-0.25, -0.2) is 8.42 Å². The summed E-state index contributed by atoms with van der Waals surface area (Å²) in [6, 6.07) is 11.6. The number of anilines is 2. The number of ether oxygens (including phenoxy) is 3. The van der Waals surface area contributed by atoms with Crippen molar-refractivity contribution in [1.29, 1.82) is 0 Å². The van der Waals surface area contributed by atoms with E-state index in [1.165, 1.54) is 6.92 Å². The lowest BCUT2D eigenvalue weighted by molar-refractivity contribution is -0.114. The number of amides is 1. The van der Waals surface area contributed by atoms with Gasteiger partial charge in [-0.2, -0.15) is 0 Å². The van der Waals surface area contributed by atoms with Crippen LogP contribution in [-0.2, 0) is 14.8 Å². The number of rotatable bonds is 9. The number of carbonyl (C=O) groups is 1. The van der Waals surface area contributed by atoms with Crippen LogP contribution in [0.4, 0.5) is 11.4 Å². The van der Waals surface area contributed by atoms with E-state index in [1.807, 2.05) is 0 Å². The topological polar surface area (TPSA) is 94.2 Å². The van der Waals surface area contributed by atoms with Crippen molar-refractivity contribution in [2.24, 2.45) is 0 Å². The molecule has 0 unspecified atom stereocenters. The predicted octanol–water partition coefficient (Wildman–Crippen LogP) is 2.77. The molecule has 0 radical (unpaired) electrons. The van der Waals surface area contributed by atoms with Gasteiger partial charge in [0.15, 0.2) is 11.5 Å². The Morgan fingerprint density at radius 1 is 1.24 bits per heavy atom. The van der Waals surface area contributed by atoms with Crippen molar-refractivity contribution in [3.63, 3.8) is 0 Å². The molecule has 0 atom stereocenters. The third-order valence-corrected chi connectivity index (χ3v) is 5.86. The van der Waals surface area contributed by atoms with E-state index in [9.17, 15) is 13.2 Å². The summed E-state index contributed by atoms with van der Waals surface area (Å²) >= 11 is 0. The van der Waals surface area contributed by atoms with Gasteiger partial charge in [0.2, 0.25) is 22.7 Å². The zero-order valence-electron chi connectivity index (χ0n) is 16.0. The molecule has 29 heavy (non-hydrogen) atoms. The summed E-state index contributed by atoms with van der Waals surface area (Å²) in [6.07, 6.45) is 1.62. The summed E-state index contributed by atoms with van der Waals surface area (Å²) in [4.78, 5) is 12.6. The number of nitrogens with one attached hydrogen (secondary N) is 1. The van der Waals surface area contributed by atoms with Gasteiger partial charge in [0, 0.05) is 17.8 Å². The van der Waals surface area contributed by atoms with Crippen LogP contribution in [0.2, 0.25) is 0 Å². The lowest BCUT2D eigenvalue weighted by Gasteiger charge is -2.23. The monoisotopic (exact) mass is 418 g/mol. The average Bonchev–Trinajstić information content (AvgIpc) is 3.18. The molecule has 2 aromatic rings. The molecule has 154 valence electrons. The molecule has 8 nitrogen and oxygen atoms in total. The summed E-state index contributed by atoms with van der Waals surface area (Å²) < 4.78 is 42.3. The van der Waals surface area contributed by atoms with E-state index >= 15 is 0 Å². The second-order valence-corrected chi connectivity index (χ2v) is 8.30. The van der Waals surface area contributed by atoms with Crippen molar-refractivity contribution in [1.82, 2.24) is 0 Å². The van der Waals surface area contributed by atoms with E-state index in [2.05, 4.69) is 11.9 Å². The number of nitrogens with zero attached hydrogens (tertiary/aromatic N) is 1. The van der Waals surface area contributed by atoms with Gasteiger partial charge in [0.1, 0.15) is 18.9 Å². The first kappa shape index (κ1) is 20.5. The van der Waals surface area contributed by atoms with Crippen LogP contribution in [0, 0.1) is 0 Å². The van der Waals surface area contributed by atoms with Gasteiger partial charge in [-0.3, -0.25) is 9.10 Å². The zero-order chi connectivity index (χ0) is 20.9. The van der Waals surface area contributed by atoms with Gasteiger partial charge in [0.05, 0.1) is 11.4 Å². The van der Waals surface area contributed by atoms with Crippen molar-refractivity contribution < 1.29 is 27.4 Å². The first-order valence-corrected chi connectivity index (χ1v) is 10.6. The summed E-state index contributed by atoms with van der Waals surface area (Å²) in [5.41, 5.74) is 0.824. The largest absolute Gasteiger partial charge is 0.489 e. The predicted molar refractivity (Wildman–Crippen MR) is 110 cm³/mol. The Labute approximate surface area is 169 Å². The molecule has 0 aromatic heterocycles. The molecule has 9 heteroatoms. The van der Waals surface area contributed by atoms with Crippen LogP contribution in [0.25, 0.3) is 0 Å². The van der Waals surface area contributed by atoms with E-state index in [-0.39, 0.29) is 19.1 Å². The fourth-order valence-corrected chi connectivity index (χ4v) is 3.76. The Balaban J connectivity index is 1.78. The summed E-state index contributed by atoms with van der Waals surface area (Å²) in [5, 5.41) is 2.70. The van der Waals surface area contributed by atoms with Crippen molar-refractivity contribution in [2.75, 3.05) is 35.3 Å². The number of sulfonamides is 1. The molecule has 0 bridgehead atoms. The van der Waals surface area contributed by atoms with Gasteiger partial charge in [0.25, 0.3) is 0 Å². The summed E-state index contributed by atoms with van der Waals surface area (Å²) in [7, 11) is -3.70. The van der Waals surface area contributed by atoms with Crippen molar-refractivity contribution >= 4 is 27.3 Å². The van der Waals surface area contributed by atoms with Crippen LogP contribution in [0.1, 0.15) is 6.92 Å². The fraction of sp³-hybridized carbons (Fsp3) is 0.250. The van der Waals surface area contributed by atoms with Crippen LogP contribution in [0.5, 0.6) is 17.2 Å². The minimum Gasteiger partial charge on any atom is -0.489 e. The normalized spacial score (nSPS) is 12.3. The molecule has 0 spiro atoms. The molecular weight excluding hydrogens is 396 g/mol. The Morgan fingerprint density at radius 3 is 2.79 bits per heavy atom. The van der Waals surface area contributed by atoms with Crippen molar-refractivity contribution in [2.45, 2.75) is 6.92 Å². The van der Waals surface area contributed by atoms with Gasteiger partial charge < -0.3 is 19.5 Å². The molecular formula is C20H22N2O6S. The molecule has 1 aliphatic rings. The molecule has 1 N–H and O–H groups in total. The Morgan fingerprint density at radius 2 is 2.03 bits per heavy atom. The first-order chi connectivity index (χ1) is 13.9. The summed E-state index contributed by atoms with van der Waals surface area (Å²) in [5.74, 6) is 0.895. The third kappa shape index (κ3) is 5.00. The maximum absolute atomic E-state index is 12.6. The molecule has 0 fully saturated rings. The number of hydrogen-bond donors (Lipinski definition) is 1. The standard InChI is InChI=1S/C20H22N2O6S/c1-3-10-26-17-7-5-6-15(11-17)21-20(23)13-22(29(24,25)4-2)16-8-9-18-19(12-16)28-14-27-18/h3,5-9,11-12H,1,4,10,13-14H2,2H3,(H,21,23). The number of fused-ring (bicyclic) bond motifs is 1. The second-order valence-electron chi connectivity index (χ2n) is 6.12. The van der Waals surface area contributed by atoms with Gasteiger partial charge in [-0.05, 0) is 31.2 Å². The molecule has 3 rings (SSSR count). The highest BCUT2D eigenvalue weighted by atomic mass is 32.2. The van der Waals surface area contributed by atoms with Crippen LogP contribution < -0.4 is 23.8 Å². The van der Waals surface area contributed by atoms with Gasteiger partial charge in [-0.15, -0.1) is 0 Å². The highest BCUT2D eigenvalue weighted by Crippen LogP contribution is 2.36. The zero-order valence-corrected chi connectivity index (χ0v) is 16.8. The summed E-state index contributed by atoms with van der Waals surface area (Å²) in [6.45, 7) is 5.14. The molecule has 1 amide bonds. The highest BCUT2D eigenvalue weighted by Gasteiger charge is 2.25. The molecule has 1 heterocycles. The van der Waals surface area contributed by atoms with Gasteiger partial charge >= 0.3 is 0 Å². The van der Waals surface area contributed by atoms with E-state index in [1.54, 1.807) is 48.5 Å². The van der Waals surface area contributed by atoms with E-state index in [0.717, 1.165) is 4.31 Å². The Hall–Kier alpha value is -3.20. The lowest BCUT2D eigenvalue weighted by atomic mass is 10.2. The smallest absolute Gasteiger partial charge is 0.245 e. The quantitative estimate of drug-likeness (QED) is 0.630. The van der Waals surface area contributed by atoms with Crippen LogP contribution >= 0.6 is 0 Å². The molecule has 1 aliphatic heterocycles. The number of benzene rings is 2. The fourth-order valence-electron chi connectivity index (χ4n) is 2.70. The van der Waals surface area contributed by atoms with Gasteiger partial charge in [-0.1, -0.05) is 18.7 Å². The van der Waals surface area contributed by atoms with Crippen LogP contribution in [0.15, 0.2) is 55.1 Å². The Bertz CT molecular complexity index is 1010. The van der Waals surface area contributed by atoms with E-state index in [4.69, 9.17) is 14.2 Å². The lowest BCUT2D eigenvalue weighted by Crippen LogP contribution is -2.39. The van der Waals surface area contributed by atoms with E-state index < -0.39 is 15.9 Å². The minimum absolute atomic E-state index is 0.0735. The first-order valence-electron chi connectivity index (χ1n) is 8.96. The van der Waals surface area contributed by atoms with Crippen molar-refractivity contribution in [3.8, 4) is 17.2 Å². The SMILES string of the molecule is C=CCOc1cccc(NC(=O)CN(c2ccc3c(c2)OCO3)S(=O)(=O)CC)c1. The molecule has 0 saturated heterocycles. The molecule has 2 aromatic carbocycles. The second kappa shape index (κ2) is 8.87. The maximum Gasteiger partial charge on any atom is 0.245 e. The average molecular weight is 418 g/mol. The molecule has 0 saturated carbocycles. The Kier molecular flexibility index (Phi) is 6.28. The highest BCUT2D eigenvalue weighted by molar-refractivity contribution is 7.92. The van der Waals surface area contributed by atoms with Crippen molar-refractivity contribution in [3.05, 3.63) is 55.1 Å². The van der Waals surface area contributed by atoms with Crippen LogP contribution in [-0.4, -0.2) is 40.0 Å². The maximum atomic E-state index is 12.6. The number of hydrogen-bond acceptors (Lipinski definition) is 6. The number of carbonyl (C=O) groups excluding carboxylic acids is 1. The third-order valence-electron chi connectivity index (χ3n) is 4.12. The minimum atomic E-state index is -3.70. The molecule has 0 aliphatic carbocycles. The van der Waals surface area contributed by atoms with Crippen LogP contribution in [0.3, 0.4) is 0 Å². The van der Waals surface area contributed by atoms with E-state index in [0.29, 0.717) is 35.2 Å².